The number of nitrogens with one attached hydrogen (secondary N) is 1. The number of halogens is 1. The molecule has 7 heteroatoms. The third-order valence-corrected chi connectivity index (χ3v) is 7.30. The fourth-order valence-electron chi connectivity index (χ4n) is 5.67. The minimum absolute atomic E-state index is 0.0348. The summed E-state index contributed by atoms with van der Waals surface area (Å²) in [7, 11) is 0. The molecule has 1 aromatic heterocycles. The lowest BCUT2D eigenvalue weighted by Gasteiger charge is -2.38. The highest BCUT2D eigenvalue weighted by molar-refractivity contribution is 5.68. The molecule has 3 heterocycles. The van der Waals surface area contributed by atoms with E-state index >= 15 is 0 Å². The van der Waals surface area contributed by atoms with Gasteiger partial charge in [-0.2, -0.15) is 5.10 Å². The zero-order valence-corrected chi connectivity index (χ0v) is 19.0. The molecule has 0 aliphatic carbocycles. The van der Waals surface area contributed by atoms with Crippen LogP contribution in [0.3, 0.4) is 0 Å². The van der Waals surface area contributed by atoms with Crippen molar-refractivity contribution >= 4 is 6.09 Å². The number of carboxylic acid groups (broad SMARTS) is 1. The first kappa shape index (κ1) is 21.6. The van der Waals surface area contributed by atoms with Gasteiger partial charge in [0.05, 0.1) is 17.9 Å². The molecule has 2 bridgehead atoms. The molecule has 1 amide bonds. The van der Waals surface area contributed by atoms with Gasteiger partial charge in [0.1, 0.15) is 5.82 Å². The number of carbonyl (C=O) groups is 1. The molecule has 4 aromatic rings. The Balaban J connectivity index is 1.42. The minimum atomic E-state index is -0.865. The van der Waals surface area contributed by atoms with Gasteiger partial charge in [0.15, 0.2) is 0 Å². The van der Waals surface area contributed by atoms with Crippen molar-refractivity contribution in [2.75, 3.05) is 13.1 Å². The predicted octanol–water partition coefficient (Wildman–Crippen LogP) is 5.41. The first-order valence-corrected chi connectivity index (χ1v) is 11.8. The van der Waals surface area contributed by atoms with Crippen molar-refractivity contribution in [1.82, 2.24) is 20.0 Å². The fraction of sp³-hybridized carbons (Fsp3) is 0.214. The van der Waals surface area contributed by atoms with Gasteiger partial charge in [0, 0.05) is 36.3 Å². The van der Waals surface area contributed by atoms with Gasteiger partial charge < -0.3 is 10.0 Å². The number of fused-ring (bicyclic) bond motifs is 2. The third-order valence-electron chi connectivity index (χ3n) is 7.30. The van der Waals surface area contributed by atoms with E-state index in [4.69, 9.17) is 0 Å². The van der Waals surface area contributed by atoms with Crippen molar-refractivity contribution in [3.8, 4) is 22.4 Å². The highest BCUT2D eigenvalue weighted by Crippen LogP contribution is 2.43. The van der Waals surface area contributed by atoms with Crippen molar-refractivity contribution in [2.45, 2.75) is 24.5 Å². The van der Waals surface area contributed by atoms with Crippen LogP contribution in [0.15, 0.2) is 85.1 Å². The Hall–Kier alpha value is -3.97. The molecular weight excluding hydrogens is 443 g/mol. The Morgan fingerprint density at radius 1 is 0.943 bits per heavy atom. The van der Waals surface area contributed by atoms with Crippen LogP contribution >= 0.6 is 0 Å². The normalized spacial score (nSPS) is 20.3. The smallest absolute Gasteiger partial charge is 0.407 e. The second-order valence-electron chi connectivity index (χ2n) is 9.25. The van der Waals surface area contributed by atoms with Crippen LogP contribution in [-0.2, 0) is 0 Å². The highest BCUT2D eigenvalue weighted by atomic mass is 19.1. The average molecular weight is 469 g/mol. The number of aromatic amines is 1. The highest BCUT2D eigenvalue weighted by Gasteiger charge is 2.48. The number of hydrogen-bond donors (Lipinski definition) is 2. The van der Waals surface area contributed by atoms with Gasteiger partial charge >= 0.3 is 6.09 Å². The monoisotopic (exact) mass is 468 g/mol. The molecule has 0 saturated carbocycles. The van der Waals surface area contributed by atoms with Crippen LogP contribution in [0.4, 0.5) is 9.18 Å². The molecule has 6 nitrogen and oxygen atoms in total. The van der Waals surface area contributed by atoms with E-state index in [1.807, 2.05) is 24.3 Å². The molecule has 176 valence electrons. The van der Waals surface area contributed by atoms with Crippen LogP contribution in [0.2, 0.25) is 0 Å². The van der Waals surface area contributed by atoms with E-state index in [-0.39, 0.29) is 23.9 Å². The lowest BCUT2D eigenvalue weighted by atomic mass is 9.92. The van der Waals surface area contributed by atoms with Crippen molar-refractivity contribution in [1.29, 1.82) is 0 Å². The van der Waals surface area contributed by atoms with E-state index in [9.17, 15) is 14.3 Å². The standard InChI is InChI=1S/C28H25FN4O2/c29-25-9-5-4-8-23(25)26-24(15-30-31-26)27(32-16-22-14-21(32)17-33(22)28(34)35)20-12-10-19(11-13-20)18-6-2-1-3-7-18/h1-13,15,21-22,27H,14,16-17H2,(H,30,31)(H,34,35). The predicted molar refractivity (Wildman–Crippen MR) is 131 cm³/mol. The van der Waals surface area contributed by atoms with Crippen molar-refractivity contribution in [3.63, 3.8) is 0 Å². The zero-order chi connectivity index (χ0) is 23.9. The van der Waals surface area contributed by atoms with Crippen molar-refractivity contribution in [2.24, 2.45) is 0 Å². The van der Waals surface area contributed by atoms with Crippen molar-refractivity contribution < 1.29 is 14.3 Å². The minimum Gasteiger partial charge on any atom is -0.465 e. The molecule has 2 N–H and O–H groups in total. The van der Waals surface area contributed by atoms with E-state index in [1.54, 1.807) is 23.2 Å². The number of rotatable bonds is 5. The fourth-order valence-corrected chi connectivity index (χ4v) is 5.67. The second kappa shape index (κ2) is 8.67. The van der Waals surface area contributed by atoms with Crippen LogP contribution in [0.25, 0.3) is 22.4 Å². The summed E-state index contributed by atoms with van der Waals surface area (Å²) in [6.45, 7) is 1.11. The van der Waals surface area contributed by atoms with Crippen molar-refractivity contribution in [3.05, 3.63) is 102 Å². The van der Waals surface area contributed by atoms with Gasteiger partial charge in [-0.25, -0.2) is 9.18 Å². The summed E-state index contributed by atoms with van der Waals surface area (Å²) in [6, 6.07) is 25.2. The van der Waals surface area contributed by atoms with Gasteiger partial charge in [0.25, 0.3) is 0 Å². The van der Waals surface area contributed by atoms with Gasteiger partial charge in [-0.05, 0) is 35.2 Å². The maximum absolute atomic E-state index is 14.8. The van der Waals surface area contributed by atoms with Crippen LogP contribution < -0.4 is 0 Å². The van der Waals surface area contributed by atoms with Gasteiger partial charge in [0.2, 0.25) is 0 Å². The number of hydrogen-bond acceptors (Lipinski definition) is 3. The van der Waals surface area contributed by atoms with Crippen LogP contribution in [-0.4, -0.2) is 56.4 Å². The van der Waals surface area contributed by atoms with E-state index in [1.165, 1.54) is 6.07 Å². The summed E-state index contributed by atoms with van der Waals surface area (Å²) >= 11 is 0. The average Bonchev–Trinajstić information content (AvgIpc) is 3.62. The summed E-state index contributed by atoms with van der Waals surface area (Å²) in [6.07, 6.45) is 1.72. The summed E-state index contributed by atoms with van der Waals surface area (Å²) in [5.41, 5.74) is 5.34. The molecule has 2 aliphatic rings. The molecule has 0 radical (unpaired) electrons. The maximum atomic E-state index is 14.8. The van der Waals surface area contributed by atoms with E-state index < -0.39 is 6.09 Å². The summed E-state index contributed by atoms with van der Waals surface area (Å²) in [5.74, 6) is -0.309. The second-order valence-corrected chi connectivity index (χ2v) is 9.25. The summed E-state index contributed by atoms with van der Waals surface area (Å²) < 4.78 is 14.8. The molecule has 0 spiro atoms. The number of H-pyrrole nitrogens is 1. The van der Waals surface area contributed by atoms with Gasteiger partial charge in [-0.15, -0.1) is 0 Å². The Morgan fingerprint density at radius 2 is 1.66 bits per heavy atom. The lowest BCUT2D eigenvalue weighted by molar-refractivity contribution is 0.0907. The van der Waals surface area contributed by atoms with Gasteiger partial charge in [-0.1, -0.05) is 66.7 Å². The Bertz CT molecular complexity index is 1350. The molecule has 2 fully saturated rings. The SMILES string of the molecule is O=C(O)N1CC2CC1CN2C(c1ccc(-c2ccccc2)cc1)c1cn[nH]c1-c1ccccc1F. The van der Waals surface area contributed by atoms with Crippen LogP contribution in [0, 0.1) is 5.82 Å². The summed E-state index contributed by atoms with van der Waals surface area (Å²) in [4.78, 5) is 15.6. The third kappa shape index (κ3) is 3.78. The Labute approximate surface area is 202 Å². The molecular formula is C28H25FN4O2. The molecule has 3 atom stereocenters. The van der Waals surface area contributed by atoms with E-state index in [2.05, 4.69) is 51.5 Å². The largest absolute Gasteiger partial charge is 0.465 e. The van der Waals surface area contributed by atoms with E-state index in [0.717, 1.165) is 28.7 Å². The number of likely N-dealkylation sites (tertiary alicyclic amines) is 2. The first-order valence-electron chi connectivity index (χ1n) is 11.8. The molecule has 6 rings (SSSR count). The molecule has 35 heavy (non-hydrogen) atoms. The number of benzene rings is 3. The summed E-state index contributed by atoms with van der Waals surface area (Å²) in [5, 5.41) is 16.9. The van der Waals surface area contributed by atoms with E-state index in [0.29, 0.717) is 24.3 Å². The molecule has 3 unspecified atom stereocenters. The Kier molecular flexibility index (Phi) is 5.34. The number of aromatic nitrogens is 2. The van der Waals surface area contributed by atoms with Crippen LogP contribution in [0.5, 0.6) is 0 Å². The zero-order valence-electron chi connectivity index (χ0n) is 19.0. The topological polar surface area (TPSA) is 72.5 Å². The van der Waals surface area contributed by atoms with Crippen LogP contribution in [0.1, 0.15) is 23.6 Å². The van der Waals surface area contributed by atoms with Gasteiger partial charge in [-0.3, -0.25) is 10.00 Å². The molecule has 2 aliphatic heterocycles. The number of nitrogens with zero attached hydrogens (tertiary/aromatic N) is 3. The molecule has 3 aromatic carbocycles. The lowest BCUT2D eigenvalue weighted by Crippen LogP contribution is -2.49. The molecule has 2 saturated heterocycles. The first-order chi connectivity index (χ1) is 17.1. The number of amides is 1. The number of piperazine rings is 1. The quantitative estimate of drug-likeness (QED) is 0.411. The maximum Gasteiger partial charge on any atom is 0.407 e. The Morgan fingerprint density at radius 3 is 2.34 bits per heavy atom.